The molecule has 2 aromatic heterocycles. The van der Waals surface area contributed by atoms with Crippen LogP contribution in [0, 0.1) is 0 Å². The van der Waals surface area contributed by atoms with E-state index in [1.165, 1.54) is 11.3 Å². The number of aromatic nitrogens is 1. The zero-order valence-corrected chi connectivity index (χ0v) is 12.3. The molecular weight excluding hydrogens is 294 g/mol. The fourth-order valence-electron chi connectivity index (χ4n) is 2.31. The number of para-hydroxylation sites is 1. The average molecular weight is 305 g/mol. The number of benzene rings is 2. The molecule has 0 aliphatic rings. The minimum Gasteiger partial charge on any atom is -0.453 e. The number of thiazole rings is 1. The number of fused-ring (bicyclic) bond motifs is 1. The molecule has 0 radical (unpaired) electrons. The molecule has 0 N–H and O–H groups in total. The van der Waals surface area contributed by atoms with Crippen LogP contribution < -0.4 is 0 Å². The summed E-state index contributed by atoms with van der Waals surface area (Å²) in [5, 5.41) is 3.53. The molecule has 3 nitrogen and oxygen atoms in total. The highest BCUT2D eigenvalue weighted by molar-refractivity contribution is 7.13. The van der Waals surface area contributed by atoms with Gasteiger partial charge in [-0.2, -0.15) is 0 Å². The van der Waals surface area contributed by atoms with Gasteiger partial charge in [0.2, 0.25) is 5.78 Å². The van der Waals surface area contributed by atoms with Crippen molar-refractivity contribution in [1.82, 2.24) is 4.98 Å². The Morgan fingerprint density at radius 1 is 1.00 bits per heavy atom. The van der Waals surface area contributed by atoms with Gasteiger partial charge in [0.15, 0.2) is 5.76 Å². The Bertz CT molecular complexity index is 920. The van der Waals surface area contributed by atoms with Crippen molar-refractivity contribution < 1.29 is 9.21 Å². The van der Waals surface area contributed by atoms with Crippen molar-refractivity contribution in [3.05, 3.63) is 77.5 Å². The van der Waals surface area contributed by atoms with Crippen molar-refractivity contribution in [3.63, 3.8) is 0 Å². The molecule has 0 unspecified atom stereocenters. The second-order valence-electron chi connectivity index (χ2n) is 4.88. The van der Waals surface area contributed by atoms with E-state index in [-0.39, 0.29) is 5.78 Å². The minimum atomic E-state index is -0.186. The van der Waals surface area contributed by atoms with Gasteiger partial charge in [-0.3, -0.25) is 4.79 Å². The molecule has 4 heteroatoms. The molecule has 4 rings (SSSR count). The molecule has 0 saturated heterocycles. The molecule has 0 fully saturated rings. The largest absolute Gasteiger partial charge is 0.453 e. The van der Waals surface area contributed by atoms with Gasteiger partial charge in [-0.25, -0.2) is 4.98 Å². The van der Waals surface area contributed by atoms with Gasteiger partial charge in [0.05, 0.1) is 0 Å². The maximum Gasteiger partial charge on any atom is 0.247 e. The molecule has 2 heterocycles. The number of furan rings is 1. The molecule has 0 saturated carbocycles. The molecule has 22 heavy (non-hydrogen) atoms. The van der Waals surface area contributed by atoms with E-state index in [1.807, 2.05) is 54.6 Å². The Balaban J connectivity index is 1.70. The minimum absolute atomic E-state index is 0.186. The number of carbonyl (C=O) groups excluding carboxylic acids is 1. The van der Waals surface area contributed by atoms with E-state index >= 15 is 0 Å². The van der Waals surface area contributed by atoms with Crippen molar-refractivity contribution in [2.45, 2.75) is 0 Å². The van der Waals surface area contributed by atoms with Crippen LogP contribution in [0.3, 0.4) is 0 Å². The van der Waals surface area contributed by atoms with Crippen LogP contribution in [-0.4, -0.2) is 10.8 Å². The van der Waals surface area contributed by atoms with Crippen LogP contribution in [-0.2, 0) is 0 Å². The summed E-state index contributed by atoms with van der Waals surface area (Å²) in [5.74, 6) is 0.140. The lowest BCUT2D eigenvalue weighted by atomic mass is 10.2. The fraction of sp³-hybridized carbons (Fsp3) is 0. The Kier molecular flexibility index (Phi) is 3.09. The Labute approximate surface area is 130 Å². The van der Waals surface area contributed by atoms with Gasteiger partial charge in [0.25, 0.3) is 0 Å². The quantitative estimate of drug-likeness (QED) is 0.511. The highest BCUT2D eigenvalue weighted by Crippen LogP contribution is 2.26. The van der Waals surface area contributed by atoms with E-state index in [9.17, 15) is 4.79 Å². The first kappa shape index (κ1) is 13.0. The summed E-state index contributed by atoms with van der Waals surface area (Å²) in [7, 11) is 0. The van der Waals surface area contributed by atoms with Crippen molar-refractivity contribution in [1.29, 1.82) is 0 Å². The Morgan fingerprint density at radius 2 is 1.77 bits per heavy atom. The van der Waals surface area contributed by atoms with E-state index in [2.05, 4.69) is 4.98 Å². The van der Waals surface area contributed by atoms with Gasteiger partial charge >= 0.3 is 0 Å². The third kappa shape index (κ3) is 2.23. The summed E-state index contributed by atoms with van der Waals surface area (Å²) in [6.07, 6.45) is 0. The van der Waals surface area contributed by atoms with Gasteiger partial charge in [-0.15, -0.1) is 11.3 Å². The second kappa shape index (κ2) is 5.24. The fourth-order valence-corrected chi connectivity index (χ4v) is 3.12. The van der Waals surface area contributed by atoms with E-state index in [0.29, 0.717) is 17.0 Å². The first-order valence-corrected chi connectivity index (χ1v) is 7.73. The monoisotopic (exact) mass is 305 g/mol. The number of carbonyl (C=O) groups is 1. The van der Waals surface area contributed by atoms with Crippen molar-refractivity contribution >= 4 is 28.1 Å². The number of ketones is 1. The molecular formula is C18H11NO2S. The van der Waals surface area contributed by atoms with Crippen molar-refractivity contribution in [2.75, 3.05) is 0 Å². The predicted molar refractivity (Wildman–Crippen MR) is 87.2 cm³/mol. The van der Waals surface area contributed by atoms with Crippen molar-refractivity contribution in [2.24, 2.45) is 0 Å². The number of nitrogens with zero attached hydrogens (tertiary/aromatic N) is 1. The highest BCUT2D eigenvalue weighted by Gasteiger charge is 2.18. The molecule has 0 spiro atoms. The Hall–Kier alpha value is -2.72. The zero-order valence-electron chi connectivity index (χ0n) is 11.5. The molecule has 2 aromatic carbocycles. The summed E-state index contributed by atoms with van der Waals surface area (Å²) in [6.45, 7) is 0. The molecule has 0 atom stereocenters. The van der Waals surface area contributed by atoms with Crippen LogP contribution in [0.15, 0.2) is 70.5 Å². The smallest absolute Gasteiger partial charge is 0.247 e. The summed E-state index contributed by atoms with van der Waals surface area (Å²) in [6, 6.07) is 19.2. The molecule has 4 aromatic rings. The van der Waals surface area contributed by atoms with Gasteiger partial charge in [0.1, 0.15) is 16.3 Å². The van der Waals surface area contributed by atoms with Crippen LogP contribution in [0.25, 0.3) is 21.5 Å². The van der Waals surface area contributed by atoms with E-state index in [0.717, 1.165) is 16.0 Å². The first-order chi connectivity index (χ1) is 10.8. The zero-order chi connectivity index (χ0) is 14.9. The Morgan fingerprint density at radius 3 is 2.59 bits per heavy atom. The molecule has 0 aliphatic heterocycles. The van der Waals surface area contributed by atoms with Crippen LogP contribution in [0.1, 0.15) is 16.2 Å². The van der Waals surface area contributed by atoms with Gasteiger partial charge < -0.3 is 4.42 Å². The third-order valence-electron chi connectivity index (χ3n) is 3.41. The van der Waals surface area contributed by atoms with Crippen LogP contribution >= 0.6 is 11.3 Å². The van der Waals surface area contributed by atoms with Crippen LogP contribution in [0.4, 0.5) is 0 Å². The maximum absolute atomic E-state index is 12.5. The van der Waals surface area contributed by atoms with Crippen LogP contribution in [0.5, 0.6) is 0 Å². The highest BCUT2D eigenvalue weighted by atomic mass is 32.1. The number of hydrogen-bond acceptors (Lipinski definition) is 4. The van der Waals surface area contributed by atoms with Gasteiger partial charge in [-0.05, 0) is 12.1 Å². The van der Waals surface area contributed by atoms with Crippen LogP contribution in [0.2, 0.25) is 0 Å². The number of hydrogen-bond donors (Lipinski definition) is 0. The summed E-state index contributed by atoms with van der Waals surface area (Å²) in [4.78, 5) is 16.9. The summed E-state index contributed by atoms with van der Waals surface area (Å²) < 4.78 is 5.61. The third-order valence-corrected chi connectivity index (χ3v) is 4.30. The predicted octanol–water partition coefficient (Wildman–Crippen LogP) is 4.79. The van der Waals surface area contributed by atoms with E-state index in [4.69, 9.17) is 4.42 Å². The lowest BCUT2D eigenvalue weighted by Gasteiger charge is -1.94. The molecule has 0 bridgehead atoms. The summed E-state index contributed by atoms with van der Waals surface area (Å²) >= 11 is 1.46. The standard InChI is InChI=1S/C18H11NO2S/c20-17(16-10-13-8-4-5-9-15(13)21-16)14-11-22-18(19-14)12-6-2-1-3-7-12/h1-11H. The van der Waals surface area contributed by atoms with Crippen molar-refractivity contribution in [3.8, 4) is 10.6 Å². The SMILES string of the molecule is O=C(c1csc(-c2ccccc2)n1)c1cc2ccccc2o1. The molecule has 0 aliphatic carbocycles. The lowest BCUT2D eigenvalue weighted by Crippen LogP contribution is -1.99. The number of rotatable bonds is 3. The van der Waals surface area contributed by atoms with Gasteiger partial charge in [0, 0.05) is 16.3 Å². The van der Waals surface area contributed by atoms with E-state index in [1.54, 1.807) is 11.4 Å². The topological polar surface area (TPSA) is 43.1 Å². The summed E-state index contributed by atoms with van der Waals surface area (Å²) in [5.41, 5.74) is 2.14. The lowest BCUT2D eigenvalue weighted by molar-refractivity contribution is 0.101. The van der Waals surface area contributed by atoms with E-state index < -0.39 is 0 Å². The first-order valence-electron chi connectivity index (χ1n) is 6.85. The average Bonchev–Trinajstić information content (AvgIpc) is 3.22. The maximum atomic E-state index is 12.5. The molecule has 106 valence electrons. The molecule has 0 amide bonds. The second-order valence-corrected chi connectivity index (χ2v) is 5.74. The normalized spacial score (nSPS) is 10.9. The van der Waals surface area contributed by atoms with Gasteiger partial charge in [-0.1, -0.05) is 48.5 Å².